The van der Waals surface area contributed by atoms with E-state index in [4.69, 9.17) is 0 Å². The van der Waals surface area contributed by atoms with Gasteiger partial charge in [-0.1, -0.05) is 18.2 Å². The van der Waals surface area contributed by atoms with Crippen molar-refractivity contribution in [2.75, 3.05) is 19.4 Å². The highest BCUT2D eigenvalue weighted by Crippen LogP contribution is 2.37. The molecule has 1 aromatic carbocycles. The number of allylic oxidation sites excluding steroid dienone is 4. The smallest absolute Gasteiger partial charge is 0.256 e. The monoisotopic (exact) mass is 412 g/mol. The van der Waals surface area contributed by atoms with E-state index >= 15 is 0 Å². The topological polar surface area (TPSA) is 105 Å². The first kappa shape index (κ1) is 21.8. The summed E-state index contributed by atoms with van der Waals surface area (Å²) >= 11 is 0. The number of carbonyl (C=O) groups excluding carboxylic acids is 1. The van der Waals surface area contributed by atoms with Crippen molar-refractivity contribution in [3.8, 4) is 12.1 Å². The molecule has 0 fully saturated rings. The maximum absolute atomic E-state index is 12.8. The van der Waals surface area contributed by atoms with E-state index in [0.717, 1.165) is 17.7 Å². The minimum Gasteiger partial charge on any atom is -0.361 e. The Morgan fingerprint density at radius 2 is 1.81 bits per heavy atom. The minimum absolute atomic E-state index is 0.304. The molecule has 1 aromatic heterocycles. The third-order valence-corrected chi connectivity index (χ3v) is 5.05. The minimum atomic E-state index is -0.507. The Kier molecular flexibility index (Phi) is 6.49. The molecule has 0 saturated carbocycles. The quantitative estimate of drug-likeness (QED) is 0.776. The van der Waals surface area contributed by atoms with Gasteiger partial charge in [-0.15, -0.1) is 0 Å². The third kappa shape index (κ3) is 4.80. The summed E-state index contributed by atoms with van der Waals surface area (Å²) in [6, 6.07) is 15.1. The molecule has 7 nitrogen and oxygen atoms in total. The number of hydrogen-bond acceptors (Lipinski definition) is 6. The van der Waals surface area contributed by atoms with Crippen LogP contribution in [0.25, 0.3) is 0 Å². The third-order valence-electron chi connectivity index (χ3n) is 5.05. The van der Waals surface area contributed by atoms with Gasteiger partial charge in [0.15, 0.2) is 0 Å². The van der Waals surface area contributed by atoms with Crippen molar-refractivity contribution < 1.29 is 4.79 Å². The normalized spacial score (nSPS) is 14.2. The van der Waals surface area contributed by atoms with Crippen LogP contribution in [-0.4, -0.2) is 29.9 Å². The van der Waals surface area contributed by atoms with Crippen LogP contribution < -0.4 is 10.6 Å². The summed E-state index contributed by atoms with van der Waals surface area (Å²) in [5, 5.41) is 25.2. The molecule has 0 radical (unpaired) electrons. The number of nitrogens with zero attached hydrogens (tertiary/aromatic N) is 4. The SMILES string of the molecule is CC1=C(C#N)C(c2cccc(C(=O)Nc3ccc(CN(C)C)cn3)c2)C(C#N)=C(C)N1. The molecule has 0 unspecified atom stereocenters. The van der Waals surface area contributed by atoms with Crippen LogP contribution in [-0.2, 0) is 6.54 Å². The number of pyridine rings is 1. The van der Waals surface area contributed by atoms with E-state index in [0.29, 0.717) is 33.9 Å². The molecule has 156 valence electrons. The Hall–Kier alpha value is -3.94. The number of anilines is 1. The van der Waals surface area contributed by atoms with Gasteiger partial charge in [0.2, 0.25) is 0 Å². The first-order valence-corrected chi connectivity index (χ1v) is 9.83. The van der Waals surface area contributed by atoms with Gasteiger partial charge >= 0.3 is 0 Å². The fraction of sp³-hybridized carbons (Fsp3) is 0.250. The second-order valence-electron chi connectivity index (χ2n) is 7.73. The summed E-state index contributed by atoms with van der Waals surface area (Å²) in [7, 11) is 3.96. The number of nitrogens with one attached hydrogen (secondary N) is 2. The number of dihydropyridines is 1. The number of benzene rings is 1. The molecule has 1 aliphatic heterocycles. The van der Waals surface area contributed by atoms with Crippen molar-refractivity contribution in [3.05, 3.63) is 81.8 Å². The molecule has 0 atom stereocenters. The lowest BCUT2D eigenvalue weighted by molar-refractivity contribution is 0.102. The molecule has 2 heterocycles. The molecule has 31 heavy (non-hydrogen) atoms. The molecule has 1 amide bonds. The van der Waals surface area contributed by atoms with Gasteiger partial charge in [0, 0.05) is 29.7 Å². The Labute approximate surface area is 182 Å². The number of amides is 1. The van der Waals surface area contributed by atoms with E-state index in [1.807, 2.05) is 45.0 Å². The van der Waals surface area contributed by atoms with Gasteiger partial charge in [-0.3, -0.25) is 4.79 Å². The first-order chi connectivity index (χ1) is 14.8. The predicted molar refractivity (Wildman–Crippen MR) is 119 cm³/mol. The number of hydrogen-bond donors (Lipinski definition) is 2. The molecule has 0 spiro atoms. The molecule has 7 heteroatoms. The van der Waals surface area contributed by atoms with E-state index in [9.17, 15) is 15.3 Å². The molecular formula is C24H24N6O. The van der Waals surface area contributed by atoms with Crippen LogP contribution in [0, 0.1) is 22.7 Å². The zero-order valence-electron chi connectivity index (χ0n) is 18.0. The zero-order valence-corrected chi connectivity index (χ0v) is 18.0. The lowest BCUT2D eigenvalue weighted by atomic mass is 9.81. The molecule has 0 saturated heterocycles. The molecule has 1 aliphatic rings. The molecule has 0 bridgehead atoms. The van der Waals surface area contributed by atoms with Crippen LogP contribution in [0.1, 0.15) is 41.3 Å². The van der Waals surface area contributed by atoms with E-state index in [1.54, 1.807) is 30.5 Å². The summed E-state index contributed by atoms with van der Waals surface area (Å²) in [4.78, 5) is 19.2. The summed E-state index contributed by atoms with van der Waals surface area (Å²) in [6.07, 6.45) is 1.74. The van der Waals surface area contributed by atoms with Crippen molar-refractivity contribution >= 4 is 11.7 Å². The van der Waals surface area contributed by atoms with Crippen molar-refractivity contribution in [1.82, 2.24) is 15.2 Å². The lowest BCUT2D eigenvalue weighted by Gasteiger charge is -2.26. The Morgan fingerprint density at radius 3 is 2.35 bits per heavy atom. The first-order valence-electron chi connectivity index (χ1n) is 9.83. The Bertz CT molecular complexity index is 1110. The second-order valence-corrected chi connectivity index (χ2v) is 7.73. The van der Waals surface area contributed by atoms with E-state index in [2.05, 4.69) is 27.8 Å². The maximum Gasteiger partial charge on any atom is 0.256 e. The highest BCUT2D eigenvalue weighted by atomic mass is 16.1. The van der Waals surface area contributed by atoms with Gasteiger partial charge in [-0.2, -0.15) is 10.5 Å². The molecule has 2 N–H and O–H groups in total. The van der Waals surface area contributed by atoms with E-state index in [1.165, 1.54) is 0 Å². The van der Waals surface area contributed by atoms with Gasteiger partial charge in [-0.05, 0) is 57.3 Å². The van der Waals surface area contributed by atoms with Crippen molar-refractivity contribution in [1.29, 1.82) is 10.5 Å². The standard InChI is InChI=1S/C24H24N6O/c1-15-20(11-25)23(21(12-26)16(2)28-15)18-6-5-7-19(10-18)24(31)29-22-9-8-17(13-27-22)14-30(3)4/h5-10,13,23,28H,14H2,1-4H3,(H,27,29,31). The van der Waals surface area contributed by atoms with Gasteiger partial charge in [0.25, 0.3) is 5.91 Å². The van der Waals surface area contributed by atoms with Crippen LogP contribution in [0.5, 0.6) is 0 Å². The van der Waals surface area contributed by atoms with Crippen LogP contribution in [0.15, 0.2) is 65.1 Å². The van der Waals surface area contributed by atoms with Crippen LogP contribution >= 0.6 is 0 Å². The average molecular weight is 412 g/mol. The summed E-state index contributed by atoms with van der Waals surface area (Å²) in [5.41, 5.74) is 4.56. The molecule has 2 aromatic rings. The number of carbonyl (C=O) groups is 1. The molecule has 3 rings (SSSR count). The summed E-state index contributed by atoms with van der Waals surface area (Å²) in [6.45, 7) is 4.39. The largest absolute Gasteiger partial charge is 0.361 e. The van der Waals surface area contributed by atoms with Crippen molar-refractivity contribution in [3.63, 3.8) is 0 Å². The fourth-order valence-electron chi connectivity index (χ4n) is 3.63. The zero-order chi connectivity index (χ0) is 22.5. The number of aromatic nitrogens is 1. The van der Waals surface area contributed by atoms with Gasteiger partial charge in [-0.25, -0.2) is 4.98 Å². The lowest BCUT2D eigenvalue weighted by Crippen LogP contribution is -2.23. The molecular weight excluding hydrogens is 388 g/mol. The average Bonchev–Trinajstić information content (AvgIpc) is 2.74. The Balaban J connectivity index is 1.87. The highest BCUT2D eigenvalue weighted by molar-refractivity contribution is 6.03. The van der Waals surface area contributed by atoms with Gasteiger partial charge < -0.3 is 15.5 Å². The van der Waals surface area contributed by atoms with Crippen LogP contribution in [0.3, 0.4) is 0 Å². The summed E-state index contributed by atoms with van der Waals surface area (Å²) in [5.74, 6) is -0.351. The van der Waals surface area contributed by atoms with Gasteiger partial charge in [0.05, 0.1) is 29.2 Å². The highest BCUT2D eigenvalue weighted by Gasteiger charge is 2.29. The second kappa shape index (κ2) is 9.25. The van der Waals surface area contributed by atoms with Crippen LogP contribution in [0.4, 0.5) is 5.82 Å². The van der Waals surface area contributed by atoms with Gasteiger partial charge in [0.1, 0.15) is 5.82 Å². The van der Waals surface area contributed by atoms with Crippen molar-refractivity contribution in [2.24, 2.45) is 0 Å². The Morgan fingerprint density at radius 1 is 1.13 bits per heavy atom. The molecule has 0 aliphatic carbocycles. The fourth-order valence-corrected chi connectivity index (χ4v) is 3.63. The van der Waals surface area contributed by atoms with E-state index < -0.39 is 5.92 Å². The predicted octanol–water partition coefficient (Wildman–Crippen LogP) is 3.68. The number of rotatable bonds is 5. The van der Waals surface area contributed by atoms with E-state index in [-0.39, 0.29) is 5.91 Å². The maximum atomic E-state index is 12.8. The number of nitriles is 2. The van der Waals surface area contributed by atoms with Crippen molar-refractivity contribution in [2.45, 2.75) is 26.3 Å². The summed E-state index contributed by atoms with van der Waals surface area (Å²) < 4.78 is 0. The van der Waals surface area contributed by atoms with Crippen LogP contribution in [0.2, 0.25) is 0 Å².